The van der Waals surface area contributed by atoms with E-state index in [-0.39, 0.29) is 11.5 Å². The van der Waals surface area contributed by atoms with Crippen LogP contribution >= 0.6 is 11.3 Å². The number of thiophene rings is 1. The first-order valence-corrected chi connectivity index (χ1v) is 7.06. The summed E-state index contributed by atoms with van der Waals surface area (Å²) < 4.78 is 1.73. The van der Waals surface area contributed by atoms with Gasteiger partial charge in [0, 0.05) is 17.6 Å². The van der Waals surface area contributed by atoms with Crippen molar-refractivity contribution in [2.45, 2.75) is 20.0 Å². The molecular weight excluding hydrogens is 272 g/mol. The average molecular weight is 286 g/mol. The number of carbonyl (C=O) groups is 1. The van der Waals surface area contributed by atoms with Crippen LogP contribution in [0, 0.1) is 11.3 Å². The van der Waals surface area contributed by atoms with Crippen LogP contribution in [0.1, 0.15) is 17.5 Å². The van der Waals surface area contributed by atoms with E-state index in [9.17, 15) is 4.79 Å². The fourth-order valence-corrected chi connectivity index (χ4v) is 2.35. The maximum atomic E-state index is 12.0. The third kappa shape index (κ3) is 3.33. The summed E-state index contributed by atoms with van der Waals surface area (Å²) in [6.45, 7) is 3.07. The van der Waals surface area contributed by atoms with E-state index in [1.807, 2.05) is 30.5 Å². The molecule has 0 bridgehead atoms. The van der Waals surface area contributed by atoms with Gasteiger partial charge in [-0.05, 0) is 30.5 Å². The molecule has 5 nitrogen and oxygen atoms in total. The Bertz CT molecular complexity index is 649. The summed E-state index contributed by atoms with van der Waals surface area (Å²) in [5, 5.41) is 17.9. The lowest BCUT2D eigenvalue weighted by Crippen LogP contribution is -2.23. The van der Waals surface area contributed by atoms with Gasteiger partial charge in [0.15, 0.2) is 0 Å². The van der Waals surface area contributed by atoms with Crippen LogP contribution in [0.5, 0.6) is 0 Å². The van der Waals surface area contributed by atoms with Crippen molar-refractivity contribution >= 4 is 23.3 Å². The van der Waals surface area contributed by atoms with E-state index in [0.29, 0.717) is 13.1 Å². The average Bonchev–Trinajstić information content (AvgIpc) is 3.12. The highest BCUT2D eigenvalue weighted by Gasteiger charge is 2.10. The van der Waals surface area contributed by atoms with Crippen molar-refractivity contribution < 1.29 is 4.79 Å². The summed E-state index contributed by atoms with van der Waals surface area (Å²) in [6, 6.07) is 7.57. The highest BCUT2D eigenvalue weighted by Crippen LogP contribution is 2.09. The number of hydrogen-bond acceptors (Lipinski definition) is 4. The van der Waals surface area contributed by atoms with Gasteiger partial charge in [-0.2, -0.15) is 10.4 Å². The zero-order chi connectivity index (χ0) is 14.4. The highest BCUT2D eigenvalue weighted by atomic mass is 32.1. The molecule has 1 N–H and O–H groups in total. The Balaban J connectivity index is 2.08. The smallest absolute Gasteiger partial charge is 0.262 e. The second-order valence-corrected chi connectivity index (χ2v) is 5.04. The van der Waals surface area contributed by atoms with Crippen LogP contribution in [0.15, 0.2) is 35.3 Å². The quantitative estimate of drug-likeness (QED) is 0.676. The Kier molecular flexibility index (Phi) is 4.69. The van der Waals surface area contributed by atoms with Gasteiger partial charge in [0.25, 0.3) is 5.91 Å². The topological polar surface area (TPSA) is 70.7 Å². The molecule has 0 unspecified atom stereocenters. The van der Waals surface area contributed by atoms with E-state index >= 15 is 0 Å². The number of carbonyl (C=O) groups excluding carboxylic acids is 1. The van der Waals surface area contributed by atoms with Gasteiger partial charge < -0.3 is 5.32 Å². The van der Waals surface area contributed by atoms with Crippen LogP contribution in [-0.4, -0.2) is 15.7 Å². The number of nitrogens with zero attached hydrogens (tertiary/aromatic N) is 3. The minimum atomic E-state index is -0.371. The molecular formula is C14H14N4OS. The zero-order valence-electron chi connectivity index (χ0n) is 11.0. The summed E-state index contributed by atoms with van der Waals surface area (Å²) in [6.07, 6.45) is 3.20. The molecule has 0 saturated carbocycles. The molecule has 0 fully saturated rings. The van der Waals surface area contributed by atoms with E-state index in [1.165, 1.54) is 0 Å². The van der Waals surface area contributed by atoms with E-state index in [0.717, 1.165) is 10.6 Å². The number of amides is 1. The van der Waals surface area contributed by atoms with E-state index in [2.05, 4.69) is 10.4 Å². The molecule has 0 spiro atoms. The molecule has 0 aliphatic rings. The molecule has 0 aliphatic carbocycles. The van der Waals surface area contributed by atoms with Crippen molar-refractivity contribution in [1.82, 2.24) is 15.1 Å². The van der Waals surface area contributed by atoms with Crippen molar-refractivity contribution in [2.24, 2.45) is 0 Å². The Hall–Kier alpha value is -2.39. The molecule has 6 heteroatoms. The van der Waals surface area contributed by atoms with Gasteiger partial charge in [-0.15, -0.1) is 11.3 Å². The van der Waals surface area contributed by atoms with Crippen molar-refractivity contribution in [1.29, 1.82) is 5.26 Å². The first-order chi connectivity index (χ1) is 9.74. The molecule has 2 heterocycles. The van der Waals surface area contributed by atoms with Gasteiger partial charge in [-0.25, -0.2) is 0 Å². The van der Waals surface area contributed by atoms with Crippen LogP contribution in [0.4, 0.5) is 0 Å². The minimum Gasteiger partial charge on any atom is -0.347 e. The summed E-state index contributed by atoms with van der Waals surface area (Å²) >= 11 is 1.56. The fraction of sp³-hybridized carbons (Fsp3) is 0.214. The summed E-state index contributed by atoms with van der Waals surface area (Å²) in [4.78, 5) is 13.0. The largest absolute Gasteiger partial charge is 0.347 e. The van der Waals surface area contributed by atoms with Gasteiger partial charge in [-0.1, -0.05) is 6.07 Å². The monoisotopic (exact) mass is 286 g/mol. The fourth-order valence-electron chi connectivity index (χ4n) is 1.70. The Morgan fingerprint density at radius 2 is 2.45 bits per heavy atom. The standard InChI is InChI=1S/C14H14N4OS/c1-2-18-12(5-6-17-18)8-11(9-15)14(19)16-10-13-4-3-7-20-13/h3-8H,2,10H2,1H3,(H,16,19)/b11-8+. The maximum absolute atomic E-state index is 12.0. The molecule has 102 valence electrons. The Morgan fingerprint density at radius 1 is 1.60 bits per heavy atom. The molecule has 0 aromatic carbocycles. The van der Waals surface area contributed by atoms with Crippen molar-refractivity contribution in [3.63, 3.8) is 0 Å². The van der Waals surface area contributed by atoms with E-state index in [1.54, 1.807) is 34.4 Å². The molecule has 1 amide bonds. The second kappa shape index (κ2) is 6.68. The van der Waals surface area contributed by atoms with Crippen LogP contribution in [-0.2, 0) is 17.9 Å². The van der Waals surface area contributed by atoms with Gasteiger partial charge in [-0.3, -0.25) is 9.48 Å². The lowest BCUT2D eigenvalue weighted by Gasteiger charge is -2.03. The van der Waals surface area contributed by atoms with Crippen LogP contribution < -0.4 is 5.32 Å². The Morgan fingerprint density at radius 3 is 3.10 bits per heavy atom. The highest BCUT2D eigenvalue weighted by molar-refractivity contribution is 7.09. The lowest BCUT2D eigenvalue weighted by atomic mass is 10.2. The van der Waals surface area contributed by atoms with Gasteiger partial charge in [0.2, 0.25) is 0 Å². The molecule has 0 radical (unpaired) electrons. The Labute approximate surface area is 121 Å². The SMILES string of the molecule is CCn1nccc1/C=C(\C#N)C(=O)NCc1cccs1. The first-order valence-electron chi connectivity index (χ1n) is 6.18. The summed E-state index contributed by atoms with van der Waals surface area (Å²) in [5.74, 6) is -0.371. The third-order valence-corrected chi connectivity index (χ3v) is 3.59. The maximum Gasteiger partial charge on any atom is 0.262 e. The molecule has 0 saturated heterocycles. The van der Waals surface area contributed by atoms with Gasteiger partial charge >= 0.3 is 0 Å². The van der Waals surface area contributed by atoms with Crippen LogP contribution in [0.2, 0.25) is 0 Å². The molecule has 2 rings (SSSR count). The molecule has 2 aromatic rings. The number of rotatable bonds is 5. The number of nitrogens with one attached hydrogen (secondary N) is 1. The molecule has 2 aromatic heterocycles. The molecule has 0 atom stereocenters. The zero-order valence-corrected chi connectivity index (χ0v) is 11.9. The summed E-state index contributed by atoms with van der Waals surface area (Å²) in [7, 11) is 0. The second-order valence-electron chi connectivity index (χ2n) is 4.00. The van der Waals surface area contributed by atoms with Gasteiger partial charge in [0.1, 0.15) is 11.6 Å². The number of aryl methyl sites for hydroxylation is 1. The van der Waals surface area contributed by atoms with Gasteiger partial charge in [0.05, 0.1) is 12.2 Å². The summed E-state index contributed by atoms with van der Waals surface area (Å²) in [5.41, 5.74) is 0.826. The predicted molar refractivity (Wildman–Crippen MR) is 77.7 cm³/mol. The molecule has 0 aliphatic heterocycles. The number of hydrogen-bond donors (Lipinski definition) is 1. The minimum absolute atomic E-state index is 0.0803. The third-order valence-electron chi connectivity index (χ3n) is 2.71. The van der Waals surface area contributed by atoms with E-state index in [4.69, 9.17) is 5.26 Å². The van der Waals surface area contributed by atoms with E-state index < -0.39 is 0 Å². The van der Waals surface area contributed by atoms with Crippen molar-refractivity contribution in [2.75, 3.05) is 0 Å². The predicted octanol–water partition coefficient (Wildman–Crippen LogP) is 2.19. The van der Waals surface area contributed by atoms with Crippen LogP contribution in [0.25, 0.3) is 6.08 Å². The lowest BCUT2D eigenvalue weighted by molar-refractivity contribution is -0.117. The van der Waals surface area contributed by atoms with Crippen molar-refractivity contribution in [3.05, 3.63) is 45.9 Å². The first kappa shape index (κ1) is 14.0. The van der Waals surface area contributed by atoms with Crippen LogP contribution in [0.3, 0.4) is 0 Å². The number of aromatic nitrogens is 2. The normalized spacial score (nSPS) is 11.1. The number of nitriles is 1. The van der Waals surface area contributed by atoms with Crippen molar-refractivity contribution in [3.8, 4) is 6.07 Å². The molecule has 20 heavy (non-hydrogen) atoms.